The molecule has 31 heavy (non-hydrogen) atoms. The number of nitrogens with zero attached hydrogens (tertiary/aromatic N) is 2. The minimum atomic E-state index is -0.219. The SMILES string of the molecule is CSc1ccc(C2c3c(-c4ccccc4)n[nH]c3C(=O)N2Cc2ccc(Cl)cc2)cc1. The summed E-state index contributed by atoms with van der Waals surface area (Å²) in [7, 11) is 0. The number of nitrogens with one attached hydrogen (secondary N) is 1. The van der Waals surface area contributed by atoms with E-state index in [2.05, 4.69) is 40.7 Å². The third-order valence-electron chi connectivity index (χ3n) is 5.61. The first-order valence-corrected chi connectivity index (χ1v) is 11.6. The van der Waals surface area contributed by atoms with Crippen LogP contribution in [0.1, 0.15) is 33.2 Å². The van der Waals surface area contributed by atoms with Crippen molar-refractivity contribution in [2.24, 2.45) is 0 Å². The van der Waals surface area contributed by atoms with Gasteiger partial charge in [-0.05, 0) is 41.6 Å². The Morgan fingerprint density at radius 1 is 1.00 bits per heavy atom. The number of aromatic amines is 1. The third kappa shape index (κ3) is 3.64. The molecule has 4 aromatic rings. The molecule has 1 aromatic heterocycles. The highest BCUT2D eigenvalue weighted by Crippen LogP contribution is 2.43. The average Bonchev–Trinajstić information content (AvgIpc) is 3.35. The van der Waals surface area contributed by atoms with Crippen molar-refractivity contribution < 1.29 is 4.79 Å². The number of carbonyl (C=O) groups is 1. The van der Waals surface area contributed by atoms with Crippen LogP contribution in [0.4, 0.5) is 0 Å². The fourth-order valence-corrected chi connectivity index (χ4v) is 4.63. The van der Waals surface area contributed by atoms with Crippen molar-refractivity contribution in [2.45, 2.75) is 17.5 Å². The van der Waals surface area contributed by atoms with E-state index >= 15 is 0 Å². The molecule has 1 aliphatic rings. The Labute approximate surface area is 190 Å². The number of H-pyrrole nitrogens is 1. The van der Waals surface area contributed by atoms with Crippen LogP contribution in [0.15, 0.2) is 83.8 Å². The lowest BCUT2D eigenvalue weighted by Crippen LogP contribution is -2.29. The standard InChI is InChI=1S/C25H20ClN3OS/c1-31-20-13-9-18(10-14-20)24-21-22(17-5-3-2-4-6-17)27-28-23(21)25(30)29(24)15-16-7-11-19(26)12-8-16/h2-14,24H,15H2,1H3,(H,27,28). The molecule has 1 N–H and O–H groups in total. The molecule has 0 fully saturated rings. The highest BCUT2D eigenvalue weighted by molar-refractivity contribution is 7.98. The van der Waals surface area contributed by atoms with Crippen LogP contribution in [-0.2, 0) is 6.54 Å². The van der Waals surface area contributed by atoms with Gasteiger partial charge >= 0.3 is 0 Å². The minimum absolute atomic E-state index is 0.0430. The van der Waals surface area contributed by atoms with E-state index in [0.29, 0.717) is 17.3 Å². The molecule has 1 atom stereocenters. The molecule has 154 valence electrons. The van der Waals surface area contributed by atoms with E-state index in [4.69, 9.17) is 11.6 Å². The quantitative estimate of drug-likeness (QED) is 0.372. The molecule has 0 bridgehead atoms. The van der Waals surface area contributed by atoms with Crippen LogP contribution in [0.25, 0.3) is 11.3 Å². The largest absolute Gasteiger partial charge is 0.322 e. The van der Waals surface area contributed by atoms with Crippen molar-refractivity contribution in [1.29, 1.82) is 0 Å². The molecular weight excluding hydrogens is 426 g/mol. The number of thioether (sulfide) groups is 1. The van der Waals surface area contributed by atoms with Gasteiger partial charge in [-0.3, -0.25) is 9.89 Å². The second kappa shape index (κ2) is 8.25. The Hall–Kier alpha value is -3.02. The smallest absolute Gasteiger partial charge is 0.273 e. The van der Waals surface area contributed by atoms with Crippen molar-refractivity contribution in [3.8, 4) is 11.3 Å². The van der Waals surface area contributed by atoms with Gasteiger partial charge in [0.15, 0.2) is 0 Å². The number of hydrogen-bond donors (Lipinski definition) is 1. The second-order valence-electron chi connectivity index (χ2n) is 7.46. The van der Waals surface area contributed by atoms with Crippen LogP contribution in [0.3, 0.4) is 0 Å². The van der Waals surface area contributed by atoms with Gasteiger partial charge in [-0.1, -0.05) is 66.2 Å². The summed E-state index contributed by atoms with van der Waals surface area (Å²) < 4.78 is 0. The molecule has 0 saturated carbocycles. The summed E-state index contributed by atoms with van der Waals surface area (Å²) in [4.78, 5) is 16.5. The van der Waals surface area contributed by atoms with Crippen LogP contribution in [0.2, 0.25) is 5.02 Å². The fraction of sp³-hybridized carbons (Fsp3) is 0.120. The van der Waals surface area contributed by atoms with E-state index < -0.39 is 0 Å². The number of carbonyl (C=O) groups excluding carboxylic acids is 1. The van der Waals surface area contributed by atoms with Crippen molar-refractivity contribution in [2.75, 3.05) is 6.26 Å². The summed E-state index contributed by atoms with van der Waals surface area (Å²) in [5.74, 6) is -0.0430. The molecule has 0 spiro atoms. The fourth-order valence-electron chi connectivity index (χ4n) is 4.10. The number of benzene rings is 3. The van der Waals surface area contributed by atoms with Crippen LogP contribution in [0, 0.1) is 0 Å². The Balaban J connectivity index is 1.62. The van der Waals surface area contributed by atoms with Gasteiger partial charge in [-0.15, -0.1) is 11.8 Å². The molecule has 0 radical (unpaired) electrons. The summed E-state index contributed by atoms with van der Waals surface area (Å²) in [6.07, 6.45) is 2.06. The molecule has 0 saturated heterocycles. The molecule has 2 heterocycles. The lowest BCUT2D eigenvalue weighted by Gasteiger charge is -2.26. The first-order valence-electron chi connectivity index (χ1n) is 9.99. The van der Waals surface area contributed by atoms with Crippen LogP contribution >= 0.6 is 23.4 Å². The average molecular weight is 446 g/mol. The van der Waals surface area contributed by atoms with E-state index in [1.165, 1.54) is 4.90 Å². The van der Waals surface area contributed by atoms with E-state index in [9.17, 15) is 4.79 Å². The van der Waals surface area contributed by atoms with Gasteiger partial charge in [-0.25, -0.2) is 0 Å². The van der Waals surface area contributed by atoms with Gasteiger partial charge in [0.05, 0.1) is 11.7 Å². The van der Waals surface area contributed by atoms with Crippen LogP contribution < -0.4 is 0 Å². The number of amides is 1. The zero-order chi connectivity index (χ0) is 21.4. The van der Waals surface area contributed by atoms with Crippen LogP contribution in [-0.4, -0.2) is 27.3 Å². The monoisotopic (exact) mass is 445 g/mol. The summed E-state index contributed by atoms with van der Waals surface area (Å²) in [6, 6.07) is 25.8. The van der Waals surface area contributed by atoms with E-state index in [-0.39, 0.29) is 11.9 Å². The number of aromatic nitrogens is 2. The highest BCUT2D eigenvalue weighted by atomic mass is 35.5. The van der Waals surface area contributed by atoms with E-state index in [1.54, 1.807) is 11.8 Å². The van der Waals surface area contributed by atoms with Crippen molar-refractivity contribution in [3.63, 3.8) is 0 Å². The Bertz CT molecular complexity index is 1220. The second-order valence-corrected chi connectivity index (χ2v) is 8.78. The maximum Gasteiger partial charge on any atom is 0.273 e. The predicted octanol–water partition coefficient (Wildman–Crippen LogP) is 6.20. The van der Waals surface area contributed by atoms with Gasteiger partial charge in [-0.2, -0.15) is 5.10 Å². The normalized spacial score (nSPS) is 15.4. The van der Waals surface area contributed by atoms with E-state index in [1.807, 2.05) is 59.5 Å². The van der Waals surface area contributed by atoms with Gasteiger partial charge in [0.1, 0.15) is 5.69 Å². The molecule has 1 amide bonds. The zero-order valence-electron chi connectivity index (χ0n) is 16.9. The minimum Gasteiger partial charge on any atom is -0.322 e. The number of halogens is 1. The lowest BCUT2D eigenvalue weighted by atomic mass is 9.96. The zero-order valence-corrected chi connectivity index (χ0v) is 18.5. The summed E-state index contributed by atoms with van der Waals surface area (Å²) in [5.41, 5.74) is 5.41. The summed E-state index contributed by atoms with van der Waals surface area (Å²) in [6.45, 7) is 0.488. The molecule has 4 nitrogen and oxygen atoms in total. The predicted molar refractivity (Wildman–Crippen MR) is 125 cm³/mol. The van der Waals surface area contributed by atoms with Crippen molar-refractivity contribution >= 4 is 29.3 Å². The van der Waals surface area contributed by atoms with Gasteiger partial charge in [0.2, 0.25) is 0 Å². The summed E-state index contributed by atoms with van der Waals surface area (Å²) in [5, 5.41) is 8.22. The molecule has 6 heteroatoms. The molecule has 3 aromatic carbocycles. The highest BCUT2D eigenvalue weighted by Gasteiger charge is 2.42. The molecule has 1 aliphatic heterocycles. The maximum atomic E-state index is 13.4. The Morgan fingerprint density at radius 2 is 1.71 bits per heavy atom. The third-order valence-corrected chi connectivity index (χ3v) is 6.60. The lowest BCUT2D eigenvalue weighted by molar-refractivity contribution is 0.0730. The molecule has 0 aliphatic carbocycles. The first kappa shape index (κ1) is 19.9. The summed E-state index contributed by atoms with van der Waals surface area (Å²) >= 11 is 7.76. The van der Waals surface area contributed by atoms with Gasteiger partial charge in [0.25, 0.3) is 5.91 Å². The maximum absolute atomic E-state index is 13.4. The van der Waals surface area contributed by atoms with Crippen molar-refractivity contribution in [3.05, 3.63) is 106 Å². The Morgan fingerprint density at radius 3 is 2.39 bits per heavy atom. The van der Waals surface area contributed by atoms with Gasteiger partial charge < -0.3 is 4.90 Å². The topological polar surface area (TPSA) is 49.0 Å². The van der Waals surface area contributed by atoms with E-state index in [0.717, 1.165) is 27.9 Å². The molecule has 5 rings (SSSR count). The number of rotatable bonds is 5. The number of fused-ring (bicyclic) bond motifs is 1. The number of hydrogen-bond acceptors (Lipinski definition) is 3. The molecular formula is C25H20ClN3OS. The van der Waals surface area contributed by atoms with Crippen molar-refractivity contribution in [1.82, 2.24) is 15.1 Å². The Kier molecular flexibility index (Phi) is 5.30. The molecule has 1 unspecified atom stereocenters. The van der Waals surface area contributed by atoms with Gasteiger partial charge in [0, 0.05) is 27.6 Å². The first-order chi connectivity index (χ1) is 15.2. The van der Waals surface area contributed by atoms with Crippen LogP contribution in [0.5, 0.6) is 0 Å².